The molecule has 0 saturated carbocycles. The number of aromatic nitrogens is 2. The maximum absolute atomic E-state index is 13.0. The van der Waals surface area contributed by atoms with E-state index in [4.69, 9.17) is 0 Å². The summed E-state index contributed by atoms with van der Waals surface area (Å²) in [5.41, 5.74) is 2.09. The van der Waals surface area contributed by atoms with Crippen molar-refractivity contribution in [3.05, 3.63) is 45.8 Å². The minimum absolute atomic E-state index is 0.248. The van der Waals surface area contributed by atoms with Gasteiger partial charge in [0, 0.05) is 25.4 Å². The zero-order valence-corrected chi connectivity index (χ0v) is 11.3. The molecule has 90 valence electrons. The van der Waals surface area contributed by atoms with Crippen LogP contribution in [0, 0.1) is 12.7 Å². The Morgan fingerprint density at radius 3 is 2.76 bits per heavy atom. The molecular formula is C12H13BrFN3. The summed E-state index contributed by atoms with van der Waals surface area (Å²) in [5.74, 6) is 0.577. The lowest BCUT2D eigenvalue weighted by Gasteiger charge is -2.04. The van der Waals surface area contributed by atoms with Gasteiger partial charge >= 0.3 is 0 Å². The molecular weight excluding hydrogens is 285 g/mol. The molecule has 0 amide bonds. The van der Waals surface area contributed by atoms with Crippen LogP contribution in [0.1, 0.15) is 11.3 Å². The van der Waals surface area contributed by atoms with Crippen LogP contribution < -0.4 is 5.32 Å². The number of rotatable bonds is 3. The highest BCUT2D eigenvalue weighted by molar-refractivity contribution is 9.10. The van der Waals surface area contributed by atoms with Crippen LogP contribution in [0.3, 0.4) is 0 Å². The molecule has 1 N–H and O–H groups in total. The van der Waals surface area contributed by atoms with Crippen molar-refractivity contribution in [3.8, 4) is 0 Å². The molecule has 0 atom stereocenters. The average molecular weight is 298 g/mol. The van der Waals surface area contributed by atoms with Crippen LogP contribution >= 0.6 is 15.9 Å². The molecule has 0 spiro atoms. The van der Waals surface area contributed by atoms with Crippen LogP contribution in [0.15, 0.2) is 28.7 Å². The second-order valence-electron chi connectivity index (χ2n) is 3.90. The lowest BCUT2D eigenvalue weighted by Crippen LogP contribution is -2.01. The fraction of sp³-hybridized carbons (Fsp3) is 0.250. The Labute approximate surface area is 108 Å². The van der Waals surface area contributed by atoms with Crippen molar-refractivity contribution in [2.45, 2.75) is 13.5 Å². The quantitative estimate of drug-likeness (QED) is 0.942. The molecule has 0 fully saturated rings. The summed E-state index contributed by atoms with van der Waals surface area (Å²) in [6, 6.07) is 6.93. The van der Waals surface area contributed by atoms with E-state index >= 15 is 0 Å². The Balaban J connectivity index is 2.04. The zero-order valence-electron chi connectivity index (χ0n) is 9.67. The highest BCUT2D eigenvalue weighted by atomic mass is 79.9. The lowest BCUT2D eigenvalue weighted by molar-refractivity contribution is 0.620. The van der Waals surface area contributed by atoms with Gasteiger partial charge in [0.25, 0.3) is 0 Å². The van der Waals surface area contributed by atoms with Gasteiger partial charge in [-0.05, 0) is 40.5 Å². The molecule has 0 aliphatic rings. The Bertz CT molecular complexity index is 517. The van der Waals surface area contributed by atoms with Crippen molar-refractivity contribution in [1.82, 2.24) is 9.78 Å². The van der Waals surface area contributed by atoms with Crippen molar-refractivity contribution in [3.63, 3.8) is 0 Å². The van der Waals surface area contributed by atoms with Gasteiger partial charge in [0.15, 0.2) is 0 Å². The van der Waals surface area contributed by atoms with Crippen LogP contribution in [-0.2, 0) is 13.6 Å². The smallest absolute Gasteiger partial charge is 0.148 e. The molecule has 0 aliphatic carbocycles. The van der Waals surface area contributed by atoms with Gasteiger partial charge in [0.1, 0.15) is 11.6 Å². The number of nitrogens with zero attached hydrogens (tertiary/aromatic N) is 2. The van der Waals surface area contributed by atoms with Gasteiger partial charge in [-0.2, -0.15) is 5.10 Å². The number of anilines is 1. The Morgan fingerprint density at radius 1 is 1.41 bits per heavy atom. The molecule has 0 bridgehead atoms. The van der Waals surface area contributed by atoms with E-state index in [1.807, 2.05) is 24.7 Å². The van der Waals surface area contributed by atoms with E-state index in [2.05, 4.69) is 26.3 Å². The molecule has 0 aliphatic heterocycles. The third-order valence-corrected chi connectivity index (χ3v) is 3.18. The summed E-state index contributed by atoms with van der Waals surface area (Å²) in [4.78, 5) is 0. The van der Waals surface area contributed by atoms with Crippen LogP contribution in [0.4, 0.5) is 10.2 Å². The Morgan fingerprint density at radius 2 is 2.18 bits per heavy atom. The fourth-order valence-corrected chi connectivity index (χ4v) is 1.92. The first-order valence-electron chi connectivity index (χ1n) is 5.24. The van der Waals surface area contributed by atoms with E-state index in [0.717, 1.165) is 17.1 Å². The number of hydrogen-bond donors (Lipinski definition) is 1. The Kier molecular flexibility index (Phi) is 3.47. The van der Waals surface area contributed by atoms with Crippen LogP contribution in [-0.4, -0.2) is 9.78 Å². The van der Waals surface area contributed by atoms with Gasteiger partial charge in [0.05, 0.1) is 4.47 Å². The summed E-state index contributed by atoms with van der Waals surface area (Å²) in [6.07, 6.45) is 0. The zero-order chi connectivity index (χ0) is 12.4. The van der Waals surface area contributed by atoms with Crippen molar-refractivity contribution in [1.29, 1.82) is 0 Å². The SMILES string of the molecule is Cc1cc(NCc2ccc(F)c(Br)c2)nn1C. The highest BCUT2D eigenvalue weighted by Gasteiger charge is 2.03. The fourth-order valence-electron chi connectivity index (χ4n) is 1.49. The molecule has 2 aromatic rings. The van der Waals surface area contributed by atoms with Gasteiger partial charge in [-0.1, -0.05) is 6.07 Å². The number of halogens is 2. The second-order valence-corrected chi connectivity index (χ2v) is 4.75. The van der Waals surface area contributed by atoms with E-state index < -0.39 is 0 Å². The van der Waals surface area contributed by atoms with E-state index in [1.54, 1.807) is 12.1 Å². The normalized spacial score (nSPS) is 10.6. The summed E-state index contributed by atoms with van der Waals surface area (Å²) in [6.45, 7) is 2.61. The first-order valence-corrected chi connectivity index (χ1v) is 6.04. The maximum atomic E-state index is 13.0. The van der Waals surface area contributed by atoms with E-state index in [-0.39, 0.29) is 5.82 Å². The molecule has 17 heavy (non-hydrogen) atoms. The number of hydrogen-bond acceptors (Lipinski definition) is 2. The van der Waals surface area contributed by atoms with Crippen molar-refractivity contribution in [2.24, 2.45) is 7.05 Å². The molecule has 1 heterocycles. The summed E-state index contributed by atoms with van der Waals surface area (Å²) < 4.78 is 15.3. The molecule has 3 nitrogen and oxygen atoms in total. The molecule has 0 saturated heterocycles. The van der Waals surface area contributed by atoms with E-state index in [9.17, 15) is 4.39 Å². The standard InChI is InChI=1S/C12H13BrFN3/c1-8-5-12(16-17(8)2)15-7-9-3-4-11(14)10(13)6-9/h3-6H,7H2,1-2H3,(H,15,16). The van der Waals surface area contributed by atoms with Crippen molar-refractivity contribution in [2.75, 3.05) is 5.32 Å². The van der Waals surface area contributed by atoms with Crippen molar-refractivity contribution < 1.29 is 4.39 Å². The number of benzene rings is 1. The topological polar surface area (TPSA) is 29.9 Å². The van der Waals surface area contributed by atoms with Gasteiger partial charge in [-0.3, -0.25) is 4.68 Å². The third-order valence-electron chi connectivity index (χ3n) is 2.57. The summed E-state index contributed by atoms with van der Waals surface area (Å²) >= 11 is 3.17. The maximum Gasteiger partial charge on any atom is 0.148 e. The van der Waals surface area contributed by atoms with Gasteiger partial charge < -0.3 is 5.32 Å². The minimum Gasteiger partial charge on any atom is -0.365 e. The molecule has 1 aromatic carbocycles. The highest BCUT2D eigenvalue weighted by Crippen LogP contribution is 2.17. The summed E-state index contributed by atoms with van der Waals surface area (Å²) in [7, 11) is 1.90. The van der Waals surface area contributed by atoms with Gasteiger partial charge in [-0.15, -0.1) is 0 Å². The van der Waals surface area contributed by atoms with Gasteiger partial charge in [-0.25, -0.2) is 4.39 Å². The largest absolute Gasteiger partial charge is 0.365 e. The minimum atomic E-state index is -0.248. The lowest BCUT2D eigenvalue weighted by atomic mass is 10.2. The summed E-state index contributed by atoms with van der Waals surface area (Å²) in [5, 5.41) is 7.48. The first kappa shape index (κ1) is 12.1. The third kappa shape index (κ3) is 2.85. The van der Waals surface area contributed by atoms with Crippen molar-refractivity contribution >= 4 is 21.7 Å². The van der Waals surface area contributed by atoms with Crippen LogP contribution in [0.25, 0.3) is 0 Å². The molecule has 5 heteroatoms. The van der Waals surface area contributed by atoms with Crippen LogP contribution in [0.2, 0.25) is 0 Å². The molecule has 1 aromatic heterocycles. The van der Waals surface area contributed by atoms with E-state index in [1.165, 1.54) is 6.07 Å². The molecule has 2 rings (SSSR count). The predicted molar refractivity (Wildman–Crippen MR) is 69.4 cm³/mol. The first-order chi connectivity index (χ1) is 8.06. The van der Waals surface area contributed by atoms with E-state index in [0.29, 0.717) is 11.0 Å². The number of nitrogens with one attached hydrogen (secondary N) is 1. The molecule has 0 unspecified atom stereocenters. The van der Waals surface area contributed by atoms with Gasteiger partial charge in [0.2, 0.25) is 0 Å². The average Bonchev–Trinajstić information content (AvgIpc) is 2.60. The van der Waals surface area contributed by atoms with Crippen LogP contribution in [0.5, 0.6) is 0 Å². The monoisotopic (exact) mass is 297 g/mol. The second kappa shape index (κ2) is 4.87. The number of aryl methyl sites for hydroxylation is 2. The molecule has 0 radical (unpaired) electrons. The predicted octanol–water partition coefficient (Wildman–Crippen LogP) is 3.24. The Hall–Kier alpha value is -1.36.